The Bertz CT molecular complexity index is 543. The Labute approximate surface area is 123 Å². The van der Waals surface area contributed by atoms with Gasteiger partial charge in [-0.3, -0.25) is 9.59 Å². The zero-order valence-corrected chi connectivity index (χ0v) is 12.2. The molecule has 2 rings (SSSR count). The number of ether oxygens (including phenoxy) is 2. The standard InChI is InChI=1S/C15H19NO5/c1-3-21-14-10(5-4-6-12(14)20-2)8-16-9-11(15(18)19)7-13(16)17/h4-6,11H,3,7-9H2,1-2H3,(H,18,19)/t11-/m0/s1. The molecule has 1 N–H and O–H groups in total. The molecule has 1 aromatic carbocycles. The average molecular weight is 293 g/mol. The first-order valence-electron chi connectivity index (χ1n) is 6.86. The van der Waals surface area contributed by atoms with Gasteiger partial charge in [0, 0.05) is 25.1 Å². The molecule has 0 spiro atoms. The number of likely N-dealkylation sites (tertiary alicyclic amines) is 1. The molecule has 0 unspecified atom stereocenters. The number of amides is 1. The molecule has 0 saturated carbocycles. The topological polar surface area (TPSA) is 76.1 Å². The molecule has 1 amide bonds. The summed E-state index contributed by atoms with van der Waals surface area (Å²) < 4.78 is 10.9. The van der Waals surface area contributed by atoms with E-state index in [1.54, 1.807) is 18.1 Å². The number of hydrogen-bond acceptors (Lipinski definition) is 4. The minimum absolute atomic E-state index is 0.0588. The van der Waals surface area contributed by atoms with E-state index in [9.17, 15) is 9.59 Å². The van der Waals surface area contributed by atoms with Crippen LogP contribution in [0.1, 0.15) is 18.9 Å². The van der Waals surface area contributed by atoms with Gasteiger partial charge < -0.3 is 19.5 Å². The van der Waals surface area contributed by atoms with Gasteiger partial charge in [-0.05, 0) is 13.0 Å². The molecule has 0 aliphatic carbocycles. The van der Waals surface area contributed by atoms with Gasteiger partial charge in [0.1, 0.15) is 0 Å². The maximum atomic E-state index is 11.9. The van der Waals surface area contributed by atoms with Crippen molar-refractivity contribution in [1.82, 2.24) is 4.90 Å². The second-order valence-electron chi connectivity index (χ2n) is 4.90. The number of nitrogens with zero attached hydrogens (tertiary/aromatic N) is 1. The van der Waals surface area contributed by atoms with Crippen LogP contribution in [0.2, 0.25) is 0 Å². The van der Waals surface area contributed by atoms with Gasteiger partial charge in [-0.2, -0.15) is 0 Å². The van der Waals surface area contributed by atoms with E-state index in [0.29, 0.717) is 24.7 Å². The summed E-state index contributed by atoms with van der Waals surface area (Å²) >= 11 is 0. The predicted molar refractivity (Wildman–Crippen MR) is 75.3 cm³/mol. The number of hydrogen-bond donors (Lipinski definition) is 1. The number of carbonyl (C=O) groups excluding carboxylic acids is 1. The molecule has 1 aliphatic heterocycles. The summed E-state index contributed by atoms with van der Waals surface area (Å²) in [6.07, 6.45) is 0.0588. The van der Waals surface area contributed by atoms with Crippen molar-refractivity contribution in [2.75, 3.05) is 20.3 Å². The van der Waals surface area contributed by atoms with Crippen molar-refractivity contribution in [3.05, 3.63) is 23.8 Å². The Hall–Kier alpha value is -2.24. The summed E-state index contributed by atoms with van der Waals surface area (Å²) in [5, 5.41) is 9.01. The second-order valence-corrected chi connectivity index (χ2v) is 4.90. The van der Waals surface area contributed by atoms with Gasteiger partial charge in [0.05, 0.1) is 19.6 Å². The van der Waals surface area contributed by atoms with Crippen LogP contribution in [0.3, 0.4) is 0 Å². The third kappa shape index (κ3) is 3.26. The molecule has 1 fully saturated rings. The summed E-state index contributed by atoms with van der Waals surface area (Å²) in [7, 11) is 1.56. The van der Waals surface area contributed by atoms with Crippen LogP contribution in [0.15, 0.2) is 18.2 Å². The minimum atomic E-state index is -0.929. The molecule has 1 aromatic rings. The zero-order valence-electron chi connectivity index (χ0n) is 12.2. The normalized spacial score (nSPS) is 17.9. The second kappa shape index (κ2) is 6.47. The van der Waals surface area contributed by atoms with Crippen LogP contribution in [0.5, 0.6) is 11.5 Å². The summed E-state index contributed by atoms with van der Waals surface area (Å²) in [6.45, 7) is 2.92. The Morgan fingerprint density at radius 2 is 2.24 bits per heavy atom. The van der Waals surface area contributed by atoms with Crippen LogP contribution in [-0.4, -0.2) is 42.1 Å². The maximum Gasteiger partial charge on any atom is 0.308 e. The molecule has 0 bridgehead atoms. The Kier molecular flexibility index (Phi) is 4.67. The lowest BCUT2D eigenvalue weighted by Gasteiger charge is -2.19. The average Bonchev–Trinajstić information content (AvgIpc) is 2.82. The largest absolute Gasteiger partial charge is 0.493 e. The lowest BCUT2D eigenvalue weighted by atomic mass is 10.1. The quantitative estimate of drug-likeness (QED) is 0.860. The SMILES string of the molecule is CCOc1c(CN2C[C@@H](C(=O)O)CC2=O)cccc1OC. The number of carbonyl (C=O) groups is 2. The van der Waals surface area contributed by atoms with Crippen molar-refractivity contribution in [2.45, 2.75) is 19.9 Å². The van der Waals surface area contributed by atoms with Gasteiger partial charge in [0.2, 0.25) is 5.91 Å². The van der Waals surface area contributed by atoms with E-state index in [-0.39, 0.29) is 18.9 Å². The molecule has 6 nitrogen and oxygen atoms in total. The first-order chi connectivity index (χ1) is 10.1. The summed E-state index contributed by atoms with van der Waals surface area (Å²) in [5.41, 5.74) is 0.815. The van der Waals surface area contributed by atoms with Crippen LogP contribution >= 0.6 is 0 Å². The van der Waals surface area contributed by atoms with E-state index in [0.717, 1.165) is 5.56 Å². The highest BCUT2D eigenvalue weighted by molar-refractivity contribution is 5.86. The highest BCUT2D eigenvalue weighted by Crippen LogP contribution is 2.33. The summed E-state index contributed by atoms with van der Waals surface area (Å²) in [6, 6.07) is 5.47. The molecular weight excluding hydrogens is 274 g/mol. The van der Waals surface area contributed by atoms with E-state index in [2.05, 4.69) is 0 Å². The molecule has 0 radical (unpaired) electrons. The van der Waals surface area contributed by atoms with Crippen molar-refractivity contribution < 1.29 is 24.2 Å². The number of aliphatic carboxylic acids is 1. The van der Waals surface area contributed by atoms with Crippen LogP contribution in [0, 0.1) is 5.92 Å². The fourth-order valence-corrected chi connectivity index (χ4v) is 2.45. The van der Waals surface area contributed by atoms with Crippen molar-refractivity contribution in [2.24, 2.45) is 5.92 Å². The molecular formula is C15H19NO5. The molecule has 0 aromatic heterocycles. The van der Waals surface area contributed by atoms with Crippen molar-refractivity contribution in [1.29, 1.82) is 0 Å². The van der Waals surface area contributed by atoms with E-state index in [1.165, 1.54) is 0 Å². The molecule has 1 atom stereocenters. The van der Waals surface area contributed by atoms with Gasteiger partial charge >= 0.3 is 5.97 Å². The molecule has 1 heterocycles. The maximum absolute atomic E-state index is 11.9. The third-order valence-corrected chi connectivity index (χ3v) is 3.49. The van der Waals surface area contributed by atoms with E-state index in [4.69, 9.17) is 14.6 Å². The van der Waals surface area contributed by atoms with Crippen LogP contribution in [0.4, 0.5) is 0 Å². The summed E-state index contributed by atoms with van der Waals surface area (Å²) in [4.78, 5) is 24.5. The van der Waals surface area contributed by atoms with E-state index in [1.807, 2.05) is 19.1 Å². The Morgan fingerprint density at radius 1 is 1.48 bits per heavy atom. The Morgan fingerprint density at radius 3 is 2.81 bits per heavy atom. The zero-order chi connectivity index (χ0) is 15.4. The molecule has 21 heavy (non-hydrogen) atoms. The van der Waals surface area contributed by atoms with Crippen LogP contribution in [0.25, 0.3) is 0 Å². The predicted octanol–water partition coefficient (Wildman–Crippen LogP) is 1.53. The third-order valence-electron chi connectivity index (χ3n) is 3.49. The molecule has 1 saturated heterocycles. The fourth-order valence-electron chi connectivity index (χ4n) is 2.45. The van der Waals surface area contributed by atoms with Crippen LogP contribution in [-0.2, 0) is 16.1 Å². The lowest BCUT2D eigenvalue weighted by molar-refractivity contribution is -0.141. The first-order valence-corrected chi connectivity index (χ1v) is 6.86. The smallest absolute Gasteiger partial charge is 0.308 e. The van der Waals surface area contributed by atoms with Crippen LogP contribution < -0.4 is 9.47 Å². The number of carboxylic acids is 1. The number of methoxy groups -OCH3 is 1. The Balaban J connectivity index is 2.19. The number of rotatable bonds is 6. The van der Waals surface area contributed by atoms with E-state index >= 15 is 0 Å². The van der Waals surface area contributed by atoms with E-state index < -0.39 is 11.9 Å². The molecule has 114 valence electrons. The van der Waals surface area contributed by atoms with Crippen molar-refractivity contribution >= 4 is 11.9 Å². The summed E-state index contributed by atoms with van der Waals surface area (Å²) in [5.74, 6) is -0.488. The first kappa shape index (κ1) is 15.2. The molecule has 1 aliphatic rings. The number of carboxylic acid groups (broad SMARTS) is 1. The van der Waals surface area contributed by atoms with Crippen molar-refractivity contribution in [3.8, 4) is 11.5 Å². The van der Waals surface area contributed by atoms with Crippen molar-refractivity contribution in [3.63, 3.8) is 0 Å². The van der Waals surface area contributed by atoms with Gasteiger partial charge in [-0.25, -0.2) is 0 Å². The fraction of sp³-hybridized carbons (Fsp3) is 0.467. The minimum Gasteiger partial charge on any atom is -0.493 e. The monoisotopic (exact) mass is 293 g/mol. The number of para-hydroxylation sites is 1. The van der Waals surface area contributed by atoms with Gasteiger partial charge in [-0.15, -0.1) is 0 Å². The lowest BCUT2D eigenvalue weighted by Crippen LogP contribution is -2.26. The highest BCUT2D eigenvalue weighted by atomic mass is 16.5. The number of benzene rings is 1. The molecule has 6 heteroatoms. The van der Waals surface area contributed by atoms with Gasteiger partial charge in [-0.1, -0.05) is 12.1 Å². The highest BCUT2D eigenvalue weighted by Gasteiger charge is 2.34. The van der Waals surface area contributed by atoms with Gasteiger partial charge in [0.25, 0.3) is 0 Å². The van der Waals surface area contributed by atoms with Gasteiger partial charge in [0.15, 0.2) is 11.5 Å².